The summed E-state index contributed by atoms with van der Waals surface area (Å²) in [6, 6.07) is 5.56. The molecule has 0 radical (unpaired) electrons. The molecule has 6 heteroatoms. The van der Waals surface area contributed by atoms with Crippen LogP contribution in [0.2, 0.25) is 0 Å². The monoisotopic (exact) mass is 340 g/mol. The molecule has 0 N–H and O–H groups in total. The molecule has 0 spiro atoms. The predicted octanol–water partition coefficient (Wildman–Crippen LogP) is 2.38. The number of aromatic nitrogens is 3. The van der Waals surface area contributed by atoms with Crippen LogP contribution in [-0.2, 0) is 17.8 Å². The van der Waals surface area contributed by atoms with Gasteiger partial charge in [0.05, 0.1) is 25.2 Å². The van der Waals surface area contributed by atoms with Crippen molar-refractivity contribution in [2.75, 3.05) is 20.3 Å². The molecular formula is C19H24N4O2. The Kier molecular flexibility index (Phi) is 4.29. The first-order chi connectivity index (χ1) is 12.2. The number of carbonyl (C=O) groups excluding carboxylic acids is 1. The number of rotatable bonds is 5. The maximum Gasteiger partial charge on any atom is 0.272 e. The molecule has 2 aromatic rings. The second-order valence-corrected chi connectivity index (χ2v) is 7.17. The Morgan fingerprint density at radius 3 is 2.92 bits per heavy atom. The van der Waals surface area contributed by atoms with Crippen molar-refractivity contribution < 1.29 is 9.53 Å². The van der Waals surface area contributed by atoms with E-state index in [1.54, 1.807) is 13.2 Å². The molecule has 4 rings (SSSR count). The first-order valence-corrected chi connectivity index (χ1v) is 8.91. The maximum atomic E-state index is 12.9. The first kappa shape index (κ1) is 16.3. The number of pyridine rings is 1. The van der Waals surface area contributed by atoms with Gasteiger partial charge in [-0.25, -0.2) is 9.97 Å². The molecule has 0 unspecified atom stereocenters. The summed E-state index contributed by atoms with van der Waals surface area (Å²) < 4.78 is 7.72. The van der Waals surface area contributed by atoms with Crippen LogP contribution in [0.15, 0.2) is 24.5 Å². The molecule has 1 amide bonds. The van der Waals surface area contributed by atoms with Crippen LogP contribution in [0.5, 0.6) is 0 Å². The number of ether oxygens (including phenoxy) is 1. The van der Waals surface area contributed by atoms with Crippen LogP contribution in [-0.4, -0.2) is 45.6 Å². The number of fused-ring (bicyclic) bond motifs is 1. The van der Waals surface area contributed by atoms with Crippen molar-refractivity contribution in [1.82, 2.24) is 19.4 Å². The molecule has 2 aliphatic rings. The van der Waals surface area contributed by atoms with E-state index in [-0.39, 0.29) is 11.8 Å². The highest BCUT2D eigenvalue weighted by Crippen LogP contribution is 2.34. The second-order valence-electron chi connectivity index (χ2n) is 7.17. The Hall–Kier alpha value is -2.21. The molecule has 0 saturated heterocycles. The van der Waals surface area contributed by atoms with Gasteiger partial charge in [-0.05, 0) is 37.8 Å². The summed E-state index contributed by atoms with van der Waals surface area (Å²) in [5, 5.41) is 0. The van der Waals surface area contributed by atoms with Crippen LogP contribution in [0.25, 0.3) is 0 Å². The van der Waals surface area contributed by atoms with Crippen molar-refractivity contribution in [3.63, 3.8) is 0 Å². The van der Waals surface area contributed by atoms with E-state index in [1.165, 1.54) is 18.5 Å². The minimum absolute atomic E-state index is 0.0350. The van der Waals surface area contributed by atoms with Crippen molar-refractivity contribution in [2.24, 2.45) is 5.92 Å². The van der Waals surface area contributed by atoms with E-state index in [0.717, 1.165) is 23.9 Å². The lowest BCUT2D eigenvalue weighted by Crippen LogP contribution is -2.40. The van der Waals surface area contributed by atoms with E-state index in [0.29, 0.717) is 25.4 Å². The summed E-state index contributed by atoms with van der Waals surface area (Å²) in [5.74, 6) is 0.911. The number of nitrogens with zero attached hydrogens (tertiary/aromatic N) is 4. The zero-order valence-corrected chi connectivity index (χ0v) is 14.8. The third-order valence-corrected chi connectivity index (χ3v) is 5.04. The first-order valence-electron chi connectivity index (χ1n) is 8.91. The number of hydrogen-bond acceptors (Lipinski definition) is 4. The van der Waals surface area contributed by atoms with Gasteiger partial charge in [-0.15, -0.1) is 0 Å². The van der Waals surface area contributed by atoms with Crippen LogP contribution in [0.3, 0.4) is 0 Å². The average molecular weight is 340 g/mol. The normalized spacial score (nSPS) is 19.8. The Bertz CT molecular complexity index is 781. The molecular weight excluding hydrogens is 316 g/mol. The molecule has 1 atom stereocenters. The van der Waals surface area contributed by atoms with E-state index in [9.17, 15) is 4.79 Å². The van der Waals surface area contributed by atoms with Crippen LogP contribution < -0.4 is 0 Å². The molecule has 1 fully saturated rings. The number of imidazole rings is 1. The lowest BCUT2D eigenvalue weighted by molar-refractivity contribution is 0.0666. The van der Waals surface area contributed by atoms with Crippen molar-refractivity contribution in [3.05, 3.63) is 47.3 Å². The van der Waals surface area contributed by atoms with Crippen LogP contribution in [0.4, 0.5) is 0 Å². The molecule has 3 heterocycles. The number of amides is 1. The Balaban J connectivity index is 1.60. The number of methoxy groups -OCH3 is 1. The minimum Gasteiger partial charge on any atom is -0.384 e. The van der Waals surface area contributed by atoms with E-state index >= 15 is 0 Å². The van der Waals surface area contributed by atoms with Crippen LogP contribution in [0, 0.1) is 12.8 Å². The smallest absolute Gasteiger partial charge is 0.272 e. The molecule has 132 valence electrons. The summed E-state index contributed by atoms with van der Waals surface area (Å²) in [6.07, 6.45) is 4.56. The SMILES string of the molecule is COC[C@@H]1CN(C(=O)c2cccc(C)n2)Cc2ncn(CC3CC3)c21. The quantitative estimate of drug-likeness (QED) is 0.838. The number of carbonyl (C=O) groups is 1. The van der Waals surface area contributed by atoms with Gasteiger partial charge in [-0.2, -0.15) is 0 Å². The highest BCUT2D eigenvalue weighted by atomic mass is 16.5. The average Bonchev–Trinajstić information content (AvgIpc) is 3.33. The Morgan fingerprint density at radius 1 is 1.36 bits per heavy atom. The molecule has 25 heavy (non-hydrogen) atoms. The third kappa shape index (κ3) is 3.31. The molecule has 0 aromatic carbocycles. The zero-order chi connectivity index (χ0) is 17.4. The Labute approximate surface area is 147 Å². The molecule has 6 nitrogen and oxygen atoms in total. The van der Waals surface area contributed by atoms with Gasteiger partial charge in [-0.1, -0.05) is 6.07 Å². The topological polar surface area (TPSA) is 60.2 Å². The van der Waals surface area contributed by atoms with Crippen LogP contribution >= 0.6 is 0 Å². The van der Waals surface area contributed by atoms with Gasteiger partial charge in [-0.3, -0.25) is 4.79 Å². The van der Waals surface area contributed by atoms with Gasteiger partial charge >= 0.3 is 0 Å². The predicted molar refractivity (Wildman–Crippen MR) is 93.3 cm³/mol. The lowest BCUT2D eigenvalue weighted by Gasteiger charge is -2.33. The summed E-state index contributed by atoms with van der Waals surface area (Å²) >= 11 is 0. The zero-order valence-electron chi connectivity index (χ0n) is 14.8. The molecule has 0 bridgehead atoms. The highest BCUT2D eigenvalue weighted by Gasteiger charge is 2.34. The number of aryl methyl sites for hydroxylation is 1. The number of hydrogen-bond donors (Lipinski definition) is 0. The van der Waals surface area contributed by atoms with E-state index in [1.807, 2.05) is 30.3 Å². The van der Waals surface area contributed by atoms with Gasteiger partial charge in [0, 0.05) is 37.5 Å². The maximum absolute atomic E-state index is 12.9. The Morgan fingerprint density at radius 2 is 2.20 bits per heavy atom. The fourth-order valence-electron chi connectivity index (χ4n) is 3.66. The lowest BCUT2D eigenvalue weighted by atomic mass is 9.98. The van der Waals surface area contributed by atoms with E-state index in [4.69, 9.17) is 4.74 Å². The second kappa shape index (κ2) is 6.59. The fourth-order valence-corrected chi connectivity index (χ4v) is 3.66. The van der Waals surface area contributed by atoms with Crippen molar-refractivity contribution in [1.29, 1.82) is 0 Å². The highest BCUT2D eigenvalue weighted by molar-refractivity contribution is 5.92. The van der Waals surface area contributed by atoms with Crippen molar-refractivity contribution in [3.8, 4) is 0 Å². The molecule has 1 aliphatic heterocycles. The largest absolute Gasteiger partial charge is 0.384 e. The van der Waals surface area contributed by atoms with Gasteiger partial charge in [0.1, 0.15) is 5.69 Å². The van der Waals surface area contributed by atoms with Gasteiger partial charge < -0.3 is 14.2 Å². The third-order valence-electron chi connectivity index (χ3n) is 5.04. The standard InChI is InChI=1S/C19H24N4O2/c1-13-4-3-5-16(21-13)19(24)22-9-15(11-25-2)18-17(10-22)20-12-23(18)8-14-6-7-14/h3-5,12,14-15H,6-11H2,1-2H3/t15-/m0/s1. The summed E-state index contributed by atoms with van der Waals surface area (Å²) in [7, 11) is 1.71. The van der Waals surface area contributed by atoms with Crippen molar-refractivity contribution in [2.45, 2.75) is 38.8 Å². The van der Waals surface area contributed by atoms with Crippen molar-refractivity contribution >= 4 is 5.91 Å². The summed E-state index contributed by atoms with van der Waals surface area (Å²) in [4.78, 5) is 23.7. The summed E-state index contributed by atoms with van der Waals surface area (Å²) in [6.45, 7) is 4.72. The fraction of sp³-hybridized carbons (Fsp3) is 0.526. The summed E-state index contributed by atoms with van der Waals surface area (Å²) in [5.41, 5.74) is 3.59. The minimum atomic E-state index is -0.0350. The molecule has 1 aliphatic carbocycles. The van der Waals surface area contributed by atoms with Gasteiger partial charge in [0.15, 0.2) is 0 Å². The van der Waals surface area contributed by atoms with Crippen LogP contribution in [0.1, 0.15) is 46.3 Å². The van der Waals surface area contributed by atoms with E-state index in [2.05, 4.69) is 14.5 Å². The van der Waals surface area contributed by atoms with E-state index < -0.39 is 0 Å². The molecule has 1 saturated carbocycles. The molecule has 2 aromatic heterocycles. The van der Waals surface area contributed by atoms with Gasteiger partial charge in [0.25, 0.3) is 5.91 Å². The van der Waals surface area contributed by atoms with Gasteiger partial charge in [0.2, 0.25) is 0 Å².